The molecule has 142 valence electrons. The van der Waals surface area contributed by atoms with Gasteiger partial charge in [-0.15, -0.1) is 0 Å². The van der Waals surface area contributed by atoms with E-state index in [1.165, 1.54) is 10.2 Å². The molecule has 27 heavy (non-hydrogen) atoms. The quantitative estimate of drug-likeness (QED) is 0.498. The Kier molecular flexibility index (Phi) is 8.38. The summed E-state index contributed by atoms with van der Waals surface area (Å²) >= 11 is -0.166. The predicted octanol–water partition coefficient (Wildman–Crippen LogP) is 1.18. The Labute approximate surface area is 167 Å². The van der Waals surface area contributed by atoms with E-state index in [0.29, 0.717) is 12.1 Å². The van der Waals surface area contributed by atoms with Crippen molar-refractivity contribution in [3.63, 3.8) is 0 Å². The van der Waals surface area contributed by atoms with Gasteiger partial charge in [0.2, 0.25) is 0 Å². The van der Waals surface area contributed by atoms with Crippen molar-refractivity contribution < 1.29 is 19.5 Å². The van der Waals surface area contributed by atoms with Crippen LogP contribution in [-0.2, 0) is 16.1 Å². The molecule has 0 heterocycles. The van der Waals surface area contributed by atoms with Crippen LogP contribution in [0.4, 0.5) is 0 Å². The number of carbonyl (C=O) groups is 3. The summed E-state index contributed by atoms with van der Waals surface area (Å²) in [6.45, 7) is 1.78. The number of nitrogens with one attached hydrogen (secondary N) is 2. The monoisotopic (exact) mass is 452 g/mol. The molecule has 1 atom stereocenters. The van der Waals surface area contributed by atoms with Crippen LogP contribution in [0.15, 0.2) is 54.6 Å². The number of benzene rings is 2. The van der Waals surface area contributed by atoms with Crippen molar-refractivity contribution in [2.45, 2.75) is 18.7 Å². The van der Waals surface area contributed by atoms with Crippen molar-refractivity contribution in [3.8, 4) is 0 Å². The Morgan fingerprint density at radius 1 is 1.04 bits per heavy atom. The Morgan fingerprint density at radius 2 is 1.70 bits per heavy atom. The number of carbonyl (C=O) groups excluding carboxylic acids is 2. The first-order valence-corrected chi connectivity index (χ1v) is 12.0. The average molecular weight is 451 g/mol. The minimum atomic E-state index is -1.08. The summed E-state index contributed by atoms with van der Waals surface area (Å²) in [6, 6.07) is 17.0. The molecule has 0 saturated carbocycles. The molecule has 0 saturated heterocycles. The third kappa shape index (κ3) is 7.09. The molecule has 2 amide bonds. The standard InChI is InChI=1S/C19H20N2O4SSe/c1-13(18(24)21-12-17(22)23)26-27-16-10-6-5-9-15(16)19(25)20-11-14-7-3-2-4-8-14/h2-10,13H,11-12H2,1H3,(H,20,25)(H,21,24)(H,22,23). The summed E-state index contributed by atoms with van der Waals surface area (Å²) in [5, 5.41) is 13.5. The van der Waals surface area contributed by atoms with Crippen LogP contribution in [0.5, 0.6) is 0 Å². The van der Waals surface area contributed by atoms with Gasteiger partial charge in [-0.25, -0.2) is 0 Å². The first-order valence-electron chi connectivity index (χ1n) is 8.21. The second-order valence-corrected chi connectivity index (χ2v) is 9.85. The summed E-state index contributed by atoms with van der Waals surface area (Å²) in [6.07, 6.45) is 0. The number of amides is 2. The predicted molar refractivity (Wildman–Crippen MR) is 107 cm³/mol. The molecular formula is C19H20N2O4SSe. The summed E-state index contributed by atoms with van der Waals surface area (Å²) in [4.78, 5) is 34.9. The molecule has 0 aromatic heterocycles. The molecule has 0 fully saturated rings. The van der Waals surface area contributed by atoms with Gasteiger partial charge >= 0.3 is 167 Å². The van der Waals surface area contributed by atoms with Gasteiger partial charge in [-0.1, -0.05) is 0 Å². The van der Waals surface area contributed by atoms with Gasteiger partial charge in [-0.3, -0.25) is 0 Å². The van der Waals surface area contributed by atoms with Gasteiger partial charge in [-0.05, 0) is 0 Å². The first kappa shape index (κ1) is 21.0. The van der Waals surface area contributed by atoms with E-state index in [4.69, 9.17) is 5.11 Å². The Morgan fingerprint density at radius 3 is 2.41 bits per heavy atom. The Bertz CT molecular complexity index is 801. The summed E-state index contributed by atoms with van der Waals surface area (Å²) < 4.78 is 0.887. The molecule has 8 heteroatoms. The van der Waals surface area contributed by atoms with Crippen molar-refractivity contribution in [1.29, 1.82) is 0 Å². The number of hydrogen-bond acceptors (Lipinski definition) is 4. The molecule has 0 aliphatic heterocycles. The molecule has 0 radical (unpaired) electrons. The molecular weight excluding hydrogens is 431 g/mol. The second kappa shape index (κ2) is 10.8. The molecule has 6 nitrogen and oxygen atoms in total. The number of aliphatic carboxylic acids is 1. The van der Waals surface area contributed by atoms with Crippen molar-refractivity contribution in [3.05, 3.63) is 65.7 Å². The van der Waals surface area contributed by atoms with E-state index in [0.717, 1.165) is 10.0 Å². The SMILES string of the molecule is CC(S[Se]c1ccccc1C(=O)NCc1ccccc1)C(=O)NCC(=O)O. The van der Waals surface area contributed by atoms with E-state index in [1.807, 2.05) is 48.5 Å². The zero-order valence-corrected chi connectivity index (χ0v) is 17.2. The topological polar surface area (TPSA) is 95.5 Å². The van der Waals surface area contributed by atoms with Crippen LogP contribution in [0.3, 0.4) is 0 Å². The number of rotatable bonds is 9. The van der Waals surface area contributed by atoms with E-state index >= 15 is 0 Å². The zero-order chi connectivity index (χ0) is 19.6. The van der Waals surface area contributed by atoms with Crippen molar-refractivity contribution in [1.82, 2.24) is 10.6 Å². The van der Waals surface area contributed by atoms with Crippen LogP contribution in [0, 0.1) is 0 Å². The first-order chi connectivity index (χ1) is 13.0. The average Bonchev–Trinajstić information content (AvgIpc) is 2.69. The summed E-state index contributed by atoms with van der Waals surface area (Å²) in [5.41, 5.74) is 1.62. The second-order valence-electron chi connectivity index (χ2n) is 5.60. The van der Waals surface area contributed by atoms with Crippen LogP contribution < -0.4 is 15.1 Å². The van der Waals surface area contributed by atoms with Gasteiger partial charge in [-0.2, -0.15) is 0 Å². The summed E-state index contributed by atoms with van der Waals surface area (Å²) in [5.74, 6) is -1.55. The van der Waals surface area contributed by atoms with E-state index in [9.17, 15) is 14.4 Å². The fraction of sp³-hybridized carbons (Fsp3) is 0.211. The van der Waals surface area contributed by atoms with Gasteiger partial charge in [0.25, 0.3) is 0 Å². The molecule has 2 aromatic carbocycles. The van der Waals surface area contributed by atoms with Crippen LogP contribution in [-0.4, -0.2) is 48.5 Å². The third-order valence-corrected chi connectivity index (χ3v) is 8.57. The normalized spacial score (nSPS) is 11.4. The van der Waals surface area contributed by atoms with Gasteiger partial charge in [0.1, 0.15) is 0 Å². The third-order valence-electron chi connectivity index (χ3n) is 3.49. The van der Waals surface area contributed by atoms with E-state index in [1.54, 1.807) is 13.0 Å². The minimum absolute atomic E-state index is 0.153. The molecule has 0 aliphatic carbocycles. The van der Waals surface area contributed by atoms with Crippen LogP contribution in [0.1, 0.15) is 22.8 Å². The summed E-state index contributed by atoms with van der Waals surface area (Å²) in [7, 11) is 1.41. The van der Waals surface area contributed by atoms with Gasteiger partial charge < -0.3 is 0 Å². The van der Waals surface area contributed by atoms with E-state index in [-0.39, 0.29) is 25.7 Å². The Hall–Kier alpha value is -2.28. The van der Waals surface area contributed by atoms with Crippen molar-refractivity contribution >= 4 is 46.3 Å². The van der Waals surface area contributed by atoms with Gasteiger partial charge in [0, 0.05) is 0 Å². The molecule has 3 N–H and O–H groups in total. The van der Waals surface area contributed by atoms with Crippen LogP contribution in [0.2, 0.25) is 0 Å². The van der Waals surface area contributed by atoms with Crippen LogP contribution >= 0.6 is 10.2 Å². The van der Waals surface area contributed by atoms with Crippen molar-refractivity contribution in [2.24, 2.45) is 0 Å². The molecule has 0 spiro atoms. The number of carboxylic acid groups (broad SMARTS) is 1. The van der Waals surface area contributed by atoms with E-state index < -0.39 is 17.8 Å². The van der Waals surface area contributed by atoms with E-state index in [2.05, 4.69) is 10.6 Å². The molecule has 2 aromatic rings. The van der Waals surface area contributed by atoms with Gasteiger partial charge in [0.05, 0.1) is 0 Å². The molecule has 0 bridgehead atoms. The fourth-order valence-electron chi connectivity index (χ4n) is 2.07. The molecule has 0 aliphatic rings. The van der Waals surface area contributed by atoms with Gasteiger partial charge in [0.15, 0.2) is 0 Å². The van der Waals surface area contributed by atoms with Crippen LogP contribution in [0.25, 0.3) is 0 Å². The maximum atomic E-state index is 12.5. The maximum absolute atomic E-state index is 12.5. The number of hydrogen-bond donors (Lipinski definition) is 3. The Balaban J connectivity index is 1.93. The molecule has 1 unspecified atom stereocenters. The van der Waals surface area contributed by atoms with Crippen molar-refractivity contribution in [2.75, 3.05) is 6.54 Å². The fourth-order valence-corrected chi connectivity index (χ4v) is 6.17. The zero-order valence-electron chi connectivity index (χ0n) is 14.7. The molecule has 2 rings (SSSR count). The number of carboxylic acids is 1.